The van der Waals surface area contributed by atoms with Crippen LogP contribution in [0.5, 0.6) is 23.0 Å². The Hall–Kier alpha value is -4.65. The van der Waals surface area contributed by atoms with Gasteiger partial charge in [0.05, 0.1) is 27.4 Å². The van der Waals surface area contributed by atoms with Crippen molar-refractivity contribution in [3.63, 3.8) is 0 Å². The summed E-state index contributed by atoms with van der Waals surface area (Å²) in [5.41, 5.74) is 1.09. The van der Waals surface area contributed by atoms with Crippen molar-refractivity contribution in [1.29, 1.82) is 0 Å². The topological polar surface area (TPSA) is 156 Å². The molecule has 2 aromatic carbocycles. The zero-order valence-corrected chi connectivity index (χ0v) is 25.9. The number of unbranched alkanes of at least 4 members (excludes halogenated alkanes) is 1. The van der Waals surface area contributed by atoms with Crippen molar-refractivity contribution in [2.75, 3.05) is 21.3 Å². The van der Waals surface area contributed by atoms with Crippen LogP contribution in [0.4, 0.5) is 0 Å². The van der Waals surface area contributed by atoms with E-state index in [4.69, 9.17) is 33.2 Å². The minimum Gasteiger partial charge on any atom is -0.507 e. The molecule has 12 nitrogen and oxygen atoms in total. The molecule has 45 heavy (non-hydrogen) atoms. The van der Waals surface area contributed by atoms with E-state index in [9.17, 15) is 24.6 Å². The molecule has 4 rings (SSSR count). The van der Waals surface area contributed by atoms with Gasteiger partial charge in [-0.1, -0.05) is 43.7 Å². The Morgan fingerprint density at radius 2 is 1.49 bits per heavy atom. The van der Waals surface area contributed by atoms with E-state index in [-0.39, 0.29) is 68.5 Å². The largest absolute Gasteiger partial charge is 0.507 e. The molecule has 0 fully saturated rings. The monoisotopic (exact) mass is 624 g/mol. The van der Waals surface area contributed by atoms with E-state index >= 15 is 0 Å². The summed E-state index contributed by atoms with van der Waals surface area (Å²) in [7, 11) is 4.11. The van der Waals surface area contributed by atoms with Gasteiger partial charge in [0.15, 0.2) is 0 Å². The Balaban J connectivity index is 1.75. The van der Waals surface area contributed by atoms with Gasteiger partial charge < -0.3 is 43.4 Å². The number of phenols is 1. The predicted molar refractivity (Wildman–Crippen MR) is 159 cm³/mol. The van der Waals surface area contributed by atoms with E-state index in [1.165, 1.54) is 33.5 Å². The Kier molecular flexibility index (Phi) is 10.7. The number of esters is 3. The molecule has 2 N–H and O–H groups in total. The number of carbonyl (C=O) groups excluding carboxylic acids is 3. The van der Waals surface area contributed by atoms with Gasteiger partial charge in [0.2, 0.25) is 12.6 Å². The van der Waals surface area contributed by atoms with Gasteiger partial charge in [-0.05, 0) is 20.3 Å². The van der Waals surface area contributed by atoms with E-state index in [1.807, 2.05) is 12.2 Å². The van der Waals surface area contributed by atoms with Crippen LogP contribution in [0, 0.1) is 13.8 Å². The average molecular weight is 625 g/mol. The minimum absolute atomic E-state index is 0.0267. The molecule has 2 aromatic rings. The van der Waals surface area contributed by atoms with Crippen LogP contribution in [0.2, 0.25) is 0 Å². The average Bonchev–Trinajstić information content (AvgIpc) is 3.49. The highest BCUT2D eigenvalue weighted by atomic mass is 16.7. The Morgan fingerprint density at radius 3 is 2.16 bits per heavy atom. The van der Waals surface area contributed by atoms with E-state index in [2.05, 4.69) is 6.92 Å². The number of ether oxygens (including phenoxy) is 7. The fraction of sp³-hybridized carbons (Fsp3) is 0.364. The lowest BCUT2D eigenvalue weighted by molar-refractivity contribution is -0.129. The lowest BCUT2D eigenvalue weighted by Gasteiger charge is -2.22. The van der Waals surface area contributed by atoms with Crippen molar-refractivity contribution in [2.45, 2.75) is 59.4 Å². The molecule has 2 aliphatic rings. The number of fused-ring (bicyclic) bond motifs is 2. The number of cyclic esters (lactones) is 2. The van der Waals surface area contributed by atoms with Crippen LogP contribution >= 0.6 is 0 Å². The third-order valence-corrected chi connectivity index (χ3v) is 7.34. The molecule has 0 aliphatic carbocycles. The van der Waals surface area contributed by atoms with Crippen molar-refractivity contribution in [3.05, 3.63) is 81.0 Å². The van der Waals surface area contributed by atoms with Crippen molar-refractivity contribution >= 4 is 17.9 Å². The van der Waals surface area contributed by atoms with E-state index in [0.29, 0.717) is 5.56 Å². The van der Waals surface area contributed by atoms with Gasteiger partial charge in [0, 0.05) is 46.6 Å². The Morgan fingerprint density at radius 1 is 0.844 bits per heavy atom. The second-order valence-electron chi connectivity index (χ2n) is 10.1. The van der Waals surface area contributed by atoms with Crippen LogP contribution in [0.1, 0.15) is 86.4 Å². The normalized spacial score (nSPS) is 17.2. The smallest absolute Gasteiger partial charge is 0.345 e. The molecule has 2 aliphatic heterocycles. The molecule has 240 valence electrons. The summed E-state index contributed by atoms with van der Waals surface area (Å²) >= 11 is 0. The highest BCUT2D eigenvalue weighted by molar-refractivity contribution is 5.99. The number of hydrogen-bond acceptors (Lipinski definition) is 12. The number of phenolic OH excluding ortho intramolecular Hbond substituents is 1. The molecular formula is C33H36O12. The van der Waals surface area contributed by atoms with Gasteiger partial charge in [-0.3, -0.25) is 0 Å². The molecule has 0 bridgehead atoms. The van der Waals surface area contributed by atoms with Gasteiger partial charge in [0.1, 0.15) is 34.1 Å². The molecule has 2 atom stereocenters. The van der Waals surface area contributed by atoms with Gasteiger partial charge in [-0.15, -0.1) is 0 Å². The molecule has 2 heterocycles. The fourth-order valence-electron chi connectivity index (χ4n) is 5.30. The van der Waals surface area contributed by atoms with Crippen molar-refractivity contribution in [3.8, 4) is 23.0 Å². The third-order valence-electron chi connectivity index (χ3n) is 7.34. The molecule has 12 heteroatoms. The van der Waals surface area contributed by atoms with Crippen LogP contribution in [0.3, 0.4) is 0 Å². The Bertz CT molecular complexity index is 1580. The summed E-state index contributed by atoms with van der Waals surface area (Å²) in [4.78, 5) is 38.6. The second kappa shape index (κ2) is 14.4. The van der Waals surface area contributed by atoms with Crippen LogP contribution < -0.4 is 14.2 Å². The summed E-state index contributed by atoms with van der Waals surface area (Å²) in [6.07, 6.45) is 8.89. The van der Waals surface area contributed by atoms with Crippen molar-refractivity contribution in [1.82, 2.24) is 0 Å². The number of benzene rings is 2. The first-order chi connectivity index (χ1) is 21.6. The predicted octanol–water partition coefficient (Wildman–Crippen LogP) is 5.09. The zero-order chi connectivity index (χ0) is 32.8. The maximum atomic E-state index is 13.0. The van der Waals surface area contributed by atoms with E-state index in [0.717, 1.165) is 12.8 Å². The van der Waals surface area contributed by atoms with Gasteiger partial charge in [-0.25, -0.2) is 14.4 Å². The molecule has 0 aromatic heterocycles. The summed E-state index contributed by atoms with van der Waals surface area (Å²) in [6, 6.07) is 0. The highest BCUT2D eigenvalue weighted by Crippen LogP contribution is 2.49. The highest BCUT2D eigenvalue weighted by Gasteiger charge is 2.43. The first-order valence-electron chi connectivity index (χ1n) is 14.2. The molecule has 0 radical (unpaired) electrons. The first-order valence-corrected chi connectivity index (χ1v) is 14.2. The lowest BCUT2D eigenvalue weighted by Crippen LogP contribution is -2.14. The second-order valence-corrected chi connectivity index (χ2v) is 10.1. The standard InChI is InChI=1S/C33H36O12/c1-7-8-9-10-11-12-13-14-21(34)43-27-18(3)29(41-6)24-22(30(36)44-31(24)37)20(27)16-42-33-23-19(15-39-4)26(35)17(2)28(40-5)25(23)32(38)45-33/h9-14,30,33,35-36H,7-8,15-16H2,1-6H3/b10-9+,12-11+,14-13+. The summed E-state index contributed by atoms with van der Waals surface area (Å²) < 4.78 is 38.5. The molecule has 0 saturated heterocycles. The SMILES string of the molecule is CCC/C=C/C=C/C=C/C(=O)Oc1c(C)c(OC)c2c(c1COC1OC(=O)c3c(OC)c(C)c(O)c(COC)c31)C(O)OC2=O. The number of methoxy groups -OCH3 is 3. The fourth-order valence-corrected chi connectivity index (χ4v) is 5.30. The number of aliphatic hydroxyl groups is 1. The number of rotatable bonds is 13. The number of aliphatic hydroxyl groups excluding tert-OH is 1. The molecule has 0 amide bonds. The summed E-state index contributed by atoms with van der Waals surface area (Å²) in [6.45, 7) is 4.71. The van der Waals surface area contributed by atoms with Gasteiger partial charge in [0.25, 0.3) is 0 Å². The number of carbonyl (C=O) groups is 3. The Labute approximate surface area is 260 Å². The van der Waals surface area contributed by atoms with Crippen LogP contribution in [-0.4, -0.2) is 49.5 Å². The lowest BCUT2D eigenvalue weighted by atomic mass is 9.95. The number of allylic oxidation sites excluding steroid dienone is 5. The van der Waals surface area contributed by atoms with Crippen LogP contribution in [0.15, 0.2) is 36.5 Å². The van der Waals surface area contributed by atoms with Gasteiger partial charge >= 0.3 is 17.9 Å². The van der Waals surface area contributed by atoms with Crippen LogP contribution in [0.25, 0.3) is 0 Å². The maximum absolute atomic E-state index is 13.0. The van der Waals surface area contributed by atoms with E-state index in [1.54, 1.807) is 26.0 Å². The number of hydrogen-bond donors (Lipinski definition) is 2. The summed E-state index contributed by atoms with van der Waals surface area (Å²) in [5, 5.41) is 21.6. The molecule has 0 spiro atoms. The summed E-state index contributed by atoms with van der Waals surface area (Å²) in [5.74, 6) is -2.40. The van der Waals surface area contributed by atoms with Crippen molar-refractivity contribution in [2.24, 2.45) is 0 Å². The zero-order valence-electron chi connectivity index (χ0n) is 25.9. The number of aromatic hydroxyl groups is 1. The van der Waals surface area contributed by atoms with Crippen molar-refractivity contribution < 1.29 is 57.8 Å². The maximum Gasteiger partial charge on any atom is 0.345 e. The van der Waals surface area contributed by atoms with E-state index < -0.39 is 37.1 Å². The molecular weight excluding hydrogens is 588 g/mol. The molecule has 0 saturated carbocycles. The quantitative estimate of drug-likeness (QED) is 0.132. The third kappa shape index (κ3) is 6.44. The molecule has 2 unspecified atom stereocenters. The minimum atomic E-state index is -1.72. The van der Waals surface area contributed by atoms with Crippen LogP contribution in [-0.2, 0) is 37.0 Å². The first kappa shape index (κ1) is 33.2. The van der Waals surface area contributed by atoms with Gasteiger partial charge in [-0.2, -0.15) is 0 Å².